The second-order valence-corrected chi connectivity index (χ2v) is 11.2. The van der Waals surface area contributed by atoms with Crippen molar-refractivity contribution in [3.8, 4) is 17.4 Å². The Morgan fingerprint density at radius 1 is 1.20 bits per heavy atom. The average molecular weight is 635 g/mol. The Kier molecular flexibility index (Phi) is 11.3. The number of hydrogen-bond acceptors (Lipinski definition) is 11. The van der Waals surface area contributed by atoms with Crippen molar-refractivity contribution in [1.82, 2.24) is 0 Å². The number of nitrogens with one attached hydrogen (secondary N) is 1. The number of rotatable bonds is 8. The molecule has 0 aliphatic carbocycles. The van der Waals surface area contributed by atoms with Crippen molar-refractivity contribution in [3.63, 3.8) is 0 Å². The molecule has 5 N–H and O–H groups in total. The molecule has 45 heavy (non-hydrogen) atoms. The van der Waals surface area contributed by atoms with Gasteiger partial charge in [-0.3, -0.25) is 9.59 Å². The number of allylic oxidation sites excluding steroid dienone is 2. The third-order valence-electron chi connectivity index (χ3n) is 7.31. The summed E-state index contributed by atoms with van der Waals surface area (Å²) in [5, 5.41) is 36.3. The predicted octanol–water partition coefficient (Wildman–Crippen LogP) is -0.000880. The summed E-state index contributed by atoms with van der Waals surface area (Å²) in [4.78, 5) is 37.8. The Bertz CT molecular complexity index is 1680. The Morgan fingerprint density at radius 3 is 2.51 bits per heavy atom. The Hall–Kier alpha value is -3.59. The van der Waals surface area contributed by atoms with Crippen LogP contribution in [-0.2, 0) is 20.6 Å². The molecule has 4 unspecified atom stereocenters. The molecule has 1 saturated heterocycles. The van der Waals surface area contributed by atoms with Crippen molar-refractivity contribution in [1.29, 1.82) is 0 Å². The fourth-order valence-corrected chi connectivity index (χ4v) is 5.05. The van der Waals surface area contributed by atoms with Gasteiger partial charge in [-0.05, 0) is 76.9 Å². The summed E-state index contributed by atoms with van der Waals surface area (Å²) in [5.74, 6) is -1.73. The van der Waals surface area contributed by atoms with Crippen molar-refractivity contribution in [2.75, 3.05) is 12.4 Å². The number of aliphatic hydroxyl groups excluding tert-OH is 1. The number of aryl methyl sites for hydroxylation is 1. The van der Waals surface area contributed by atoms with E-state index in [1.54, 1.807) is 13.8 Å². The van der Waals surface area contributed by atoms with Crippen molar-refractivity contribution >= 4 is 28.7 Å². The second-order valence-electron chi connectivity index (χ2n) is 11.2. The van der Waals surface area contributed by atoms with E-state index in [1.807, 2.05) is 19.9 Å². The van der Waals surface area contributed by atoms with E-state index in [9.17, 15) is 29.7 Å². The zero-order valence-corrected chi connectivity index (χ0v) is 28.1. The zero-order valence-electron chi connectivity index (χ0n) is 26.1. The summed E-state index contributed by atoms with van der Waals surface area (Å²) in [5.41, 5.74) is 4.50. The van der Waals surface area contributed by atoms with Crippen LogP contribution in [0.4, 0.5) is 10.5 Å². The first kappa shape index (κ1) is 35.9. The summed E-state index contributed by atoms with van der Waals surface area (Å²) >= 11 is 0. The number of amides is 2. The van der Waals surface area contributed by atoms with Crippen molar-refractivity contribution in [2.24, 2.45) is 5.73 Å². The summed E-state index contributed by atoms with van der Waals surface area (Å²) in [6.45, 7) is 8.63. The number of primary amides is 1. The summed E-state index contributed by atoms with van der Waals surface area (Å²) in [7, 11) is 1.36. The molecule has 2 aromatic carbocycles. The molecule has 2 amide bonds. The van der Waals surface area contributed by atoms with Crippen molar-refractivity contribution < 1.29 is 77.8 Å². The van der Waals surface area contributed by atoms with Gasteiger partial charge in [-0.2, -0.15) is 0 Å². The van der Waals surface area contributed by atoms with Crippen LogP contribution >= 0.6 is 0 Å². The van der Waals surface area contributed by atoms with E-state index in [2.05, 4.69) is 5.32 Å². The number of carbonyl (C=O) groups excluding carboxylic acids is 2. The number of aliphatic hydroxyl groups is 1. The number of phenols is 1. The number of phenolic OH excluding ortho intramolecular Hbond substituents is 1. The van der Waals surface area contributed by atoms with Gasteiger partial charge < -0.3 is 49.7 Å². The van der Waals surface area contributed by atoms with E-state index >= 15 is 0 Å². The Morgan fingerprint density at radius 2 is 1.89 bits per heavy atom. The fraction of sp³-hybridized carbons (Fsp3) is 0.387. The number of nitrogens with two attached hydrogens (primary N) is 1. The third kappa shape index (κ3) is 7.63. The van der Waals surface area contributed by atoms with Crippen LogP contribution in [-0.4, -0.2) is 59.5 Å². The van der Waals surface area contributed by atoms with Gasteiger partial charge in [0.2, 0.25) is 11.7 Å². The largest absolute Gasteiger partial charge is 1.00 e. The second kappa shape index (κ2) is 14.2. The molecule has 13 nitrogen and oxygen atoms in total. The van der Waals surface area contributed by atoms with Crippen LogP contribution in [0.1, 0.15) is 49.2 Å². The summed E-state index contributed by atoms with van der Waals surface area (Å²) in [6, 6.07) is 6.96. The molecule has 14 heteroatoms. The van der Waals surface area contributed by atoms with Crippen LogP contribution in [0.3, 0.4) is 0 Å². The fourth-order valence-electron chi connectivity index (χ4n) is 5.05. The number of hydrogen-bond donors (Lipinski definition) is 4. The van der Waals surface area contributed by atoms with Gasteiger partial charge in [-0.15, -0.1) is 0 Å². The van der Waals surface area contributed by atoms with Gasteiger partial charge in [0.25, 0.3) is 5.91 Å². The first-order valence-corrected chi connectivity index (χ1v) is 13.7. The normalized spacial score (nSPS) is 20.5. The van der Waals surface area contributed by atoms with Crippen LogP contribution in [0.15, 0.2) is 51.2 Å². The van der Waals surface area contributed by atoms with Crippen LogP contribution in [0.2, 0.25) is 0 Å². The van der Waals surface area contributed by atoms with E-state index in [0.717, 1.165) is 5.57 Å². The molecule has 0 saturated carbocycles. The number of anilines is 1. The number of fused-ring (bicyclic) bond motifs is 1. The monoisotopic (exact) mass is 634 g/mol. The topological polar surface area (TPSA) is 203 Å². The summed E-state index contributed by atoms with van der Waals surface area (Å²) in [6.07, 6.45) is -3.88. The van der Waals surface area contributed by atoms with Gasteiger partial charge >= 0.3 is 35.7 Å². The zero-order chi connectivity index (χ0) is 32.5. The van der Waals surface area contributed by atoms with E-state index in [4.69, 9.17) is 29.1 Å². The molecule has 4 atom stereocenters. The van der Waals surface area contributed by atoms with E-state index in [-0.39, 0.29) is 63.2 Å². The van der Waals surface area contributed by atoms with E-state index < -0.39 is 59.3 Å². The molecule has 236 valence electrons. The molecule has 1 aliphatic rings. The van der Waals surface area contributed by atoms with Crippen LogP contribution in [0.25, 0.3) is 11.0 Å². The van der Waals surface area contributed by atoms with Gasteiger partial charge in [-0.25, -0.2) is 4.79 Å². The molecule has 4 rings (SSSR count). The minimum absolute atomic E-state index is 0. The first-order chi connectivity index (χ1) is 20.6. The van der Waals surface area contributed by atoms with Crippen LogP contribution in [0, 0.1) is 6.92 Å². The molecular weight excluding hydrogens is 599 g/mol. The SMILES string of the molecule is COC1C(OC(N)=O)C(O)C(Oc2ccc3c(=O)c(NC(=O)c4ccc(O)c(CC=C(C)C)c4)c([O-])oc3c2C)OC1(C)C.[Na+]. The predicted molar refractivity (Wildman–Crippen MR) is 157 cm³/mol. The minimum Gasteiger partial charge on any atom is -0.577 e. The molecule has 0 radical (unpaired) electrons. The number of benzene rings is 2. The summed E-state index contributed by atoms with van der Waals surface area (Å²) < 4.78 is 27.8. The van der Waals surface area contributed by atoms with Crippen LogP contribution < -0.4 is 55.9 Å². The van der Waals surface area contributed by atoms with Crippen molar-refractivity contribution in [3.05, 3.63) is 68.9 Å². The molecule has 2 heterocycles. The molecule has 1 aromatic heterocycles. The minimum atomic E-state index is -1.53. The van der Waals surface area contributed by atoms with Gasteiger partial charge in [0.1, 0.15) is 23.3 Å². The molecule has 1 aliphatic heterocycles. The quantitative estimate of drug-likeness (QED) is 0.192. The first-order valence-electron chi connectivity index (χ1n) is 13.7. The van der Waals surface area contributed by atoms with Gasteiger partial charge in [0.15, 0.2) is 12.2 Å². The van der Waals surface area contributed by atoms with Crippen molar-refractivity contribution in [2.45, 2.75) is 71.2 Å². The molecule has 0 bridgehead atoms. The maximum Gasteiger partial charge on any atom is 1.00 e. The van der Waals surface area contributed by atoms with Gasteiger partial charge in [-0.1, -0.05) is 11.6 Å². The number of carbonyl (C=O) groups is 2. The Labute approximate surface area is 281 Å². The smallest absolute Gasteiger partial charge is 0.577 e. The molecule has 1 fully saturated rings. The number of ether oxygens (including phenoxy) is 4. The average Bonchev–Trinajstić information content (AvgIpc) is 2.94. The standard InChI is InChI=1S/C31H36N2O11.Na/c1-14(2)7-8-16-13-17(9-11-19(16)34)27(37)33-21-22(35)18-10-12-20(15(3)24(18)42-28(21)38)41-29-23(36)25(43-30(32)39)26(40-6)31(4,5)44-29;/h7,9-13,23,25-26,29,34,36,38H,8H2,1-6H3,(H2,32,39)(H,33,37);/q;+1/p-1. The Balaban J connectivity index is 0.00000552. The van der Waals surface area contributed by atoms with E-state index in [1.165, 1.54) is 44.4 Å². The number of methoxy groups -OCH3 is 1. The maximum atomic E-state index is 13.3. The molecule has 0 spiro atoms. The van der Waals surface area contributed by atoms with Gasteiger partial charge in [0, 0.05) is 29.2 Å². The molecule has 3 aromatic rings. The van der Waals surface area contributed by atoms with Crippen LogP contribution in [0.5, 0.6) is 17.4 Å². The van der Waals surface area contributed by atoms with Gasteiger partial charge in [0.05, 0.1) is 11.5 Å². The number of aromatic hydroxyl groups is 1. The maximum absolute atomic E-state index is 13.3. The van der Waals surface area contributed by atoms with E-state index in [0.29, 0.717) is 12.0 Å². The molecular formula is C31H35N2NaO11. The third-order valence-corrected chi connectivity index (χ3v) is 7.31.